The monoisotopic (exact) mass is 1280 g/mol. The second-order valence-electron chi connectivity index (χ2n) is 30.8. The SMILES string of the molecule is CC(C)(C)c1cc(C(=O)Cc2ccc(NC(=O)c3cc(C(C)(C)C)cc(C(C)(C)C)c3)cc2)cc(C(C)(C)C)c1.CC(C)(C)c1cc(C(=O)Nc2ccc(N)cc2)cc(C(C)(C)C)c1.c1cc2ccc1COCCOCCOCc1ccc(cc1)COCCOCCOC2. The fraction of sp³-hybridized carbons (Fsp3) is 0.451. The van der Waals surface area contributed by atoms with Gasteiger partial charge in [0.05, 0.1) is 79.3 Å². The highest BCUT2D eigenvalue weighted by Crippen LogP contribution is 2.34. The molecule has 4 aliphatic rings. The van der Waals surface area contributed by atoms with Crippen molar-refractivity contribution in [2.45, 2.75) is 190 Å². The van der Waals surface area contributed by atoms with Crippen LogP contribution in [0, 0.1) is 0 Å². The number of carbonyl (C=O) groups is 3. The number of nitrogens with one attached hydrogen (secondary N) is 2. The number of ether oxygens (including phenoxy) is 6. The van der Waals surface area contributed by atoms with E-state index in [1.165, 1.54) is 11.1 Å². The fourth-order valence-electron chi connectivity index (χ4n) is 9.77. The Morgan fingerprint density at radius 3 is 0.809 bits per heavy atom. The van der Waals surface area contributed by atoms with Gasteiger partial charge in [-0.1, -0.05) is 203 Å². The number of amides is 2. The van der Waals surface area contributed by atoms with Crippen LogP contribution in [-0.4, -0.2) is 70.5 Å². The Morgan fingerprint density at radius 1 is 0.319 bits per heavy atom. The predicted octanol–water partition coefficient (Wildman–Crippen LogP) is 18.2. The molecular weight excluding hydrogens is 1170 g/mol. The number of carbonyl (C=O) groups excluding carboxylic acids is 3. The van der Waals surface area contributed by atoms with Gasteiger partial charge < -0.3 is 44.8 Å². The molecule has 4 heterocycles. The minimum atomic E-state index is -0.130. The first-order chi connectivity index (χ1) is 44.0. The molecule has 2 amide bonds. The number of nitrogens with two attached hydrogens (primary N) is 1. The molecule has 0 atom stereocenters. The van der Waals surface area contributed by atoms with E-state index in [4.69, 9.17) is 34.2 Å². The van der Waals surface area contributed by atoms with E-state index < -0.39 is 0 Å². The highest BCUT2D eigenvalue weighted by atomic mass is 16.5. The Morgan fingerprint density at radius 2 is 0.553 bits per heavy atom. The van der Waals surface area contributed by atoms with E-state index in [2.05, 4.69) is 202 Å². The molecule has 0 spiro atoms. The lowest BCUT2D eigenvalue weighted by Crippen LogP contribution is -2.20. The topological polar surface area (TPSA) is 157 Å². The van der Waals surface area contributed by atoms with Gasteiger partial charge in [0.2, 0.25) is 0 Å². The Hall–Kier alpha value is -7.29. The average Bonchev–Trinajstić information content (AvgIpc) is 1.02. The maximum atomic E-state index is 13.4. The van der Waals surface area contributed by atoms with Crippen LogP contribution in [-0.2, 0) is 93.8 Å². The number of Topliss-reactive ketones (excluding diaryl/α,β-unsaturated/α-hetero) is 1. The number of nitrogen functional groups attached to an aromatic ring is 1. The van der Waals surface area contributed by atoms with Gasteiger partial charge in [-0.3, -0.25) is 14.4 Å². The van der Waals surface area contributed by atoms with Crippen molar-refractivity contribution in [1.29, 1.82) is 0 Å². The molecule has 11 rings (SSSR count). The molecule has 12 heteroatoms. The first-order valence-corrected chi connectivity index (χ1v) is 33.2. The summed E-state index contributed by atoms with van der Waals surface area (Å²) in [6.07, 6.45) is 0.313. The van der Waals surface area contributed by atoms with Crippen molar-refractivity contribution in [3.63, 3.8) is 0 Å². The molecule has 0 aliphatic carbocycles. The summed E-state index contributed by atoms with van der Waals surface area (Å²) in [5, 5.41) is 6.00. The summed E-state index contributed by atoms with van der Waals surface area (Å²) < 4.78 is 33.8. The first kappa shape index (κ1) is 75.7. The molecule has 4 N–H and O–H groups in total. The van der Waals surface area contributed by atoms with Crippen molar-refractivity contribution >= 4 is 34.7 Å². The summed E-state index contributed by atoms with van der Waals surface area (Å²) in [6.45, 7) is 45.9. The first-order valence-electron chi connectivity index (χ1n) is 33.2. The lowest BCUT2D eigenvalue weighted by Gasteiger charge is -2.26. The summed E-state index contributed by atoms with van der Waals surface area (Å²) >= 11 is 0. The third kappa shape index (κ3) is 25.5. The van der Waals surface area contributed by atoms with Crippen molar-refractivity contribution < 1.29 is 42.8 Å². The molecule has 7 aromatic carbocycles. The predicted molar refractivity (Wildman–Crippen MR) is 386 cm³/mol. The van der Waals surface area contributed by atoms with Crippen LogP contribution in [0.3, 0.4) is 0 Å². The Labute approximate surface area is 563 Å². The van der Waals surface area contributed by atoms with Crippen LogP contribution in [0.25, 0.3) is 0 Å². The minimum absolute atomic E-state index is 0.0164. The van der Waals surface area contributed by atoms with Crippen molar-refractivity contribution in [2.75, 3.05) is 69.2 Å². The molecule has 506 valence electrons. The number of benzene rings is 7. The van der Waals surface area contributed by atoms with Gasteiger partial charge in [-0.25, -0.2) is 0 Å². The lowest BCUT2D eigenvalue weighted by atomic mass is 9.79. The van der Waals surface area contributed by atoms with Crippen molar-refractivity contribution in [2.24, 2.45) is 0 Å². The van der Waals surface area contributed by atoms with E-state index >= 15 is 0 Å². The summed E-state index contributed by atoms with van der Waals surface area (Å²) in [6, 6.07) is 50.0. The normalized spacial score (nSPS) is 14.6. The zero-order chi connectivity index (χ0) is 69.1. The Balaban J connectivity index is 0.000000231. The number of hydrogen-bond donors (Lipinski definition) is 3. The molecule has 0 saturated heterocycles. The third-order valence-electron chi connectivity index (χ3n) is 16.2. The van der Waals surface area contributed by atoms with Gasteiger partial charge in [0.25, 0.3) is 11.8 Å². The quantitative estimate of drug-likeness (QED) is 0.104. The van der Waals surface area contributed by atoms with Crippen LogP contribution in [0.1, 0.15) is 217 Å². The van der Waals surface area contributed by atoms with E-state index in [0.717, 1.165) is 61.3 Å². The number of anilines is 3. The van der Waals surface area contributed by atoms with Crippen molar-refractivity contribution in [1.82, 2.24) is 0 Å². The van der Waals surface area contributed by atoms with Gasteiger partial charge in [0, 0.05) is 40.2 Å². The van der Waals surface area contributed by atoms with Crippen LogP contribution >= 0.6 is 0 Å². The van der Waals surface area contributed by atoms with E-state index in [1.54, 1.807) is 12.1 Å². The summed E-state index contributed by atoms with van der Waals surface area (Å²) in [4.78, 5) is 39.4. The third-order valence-corrected chi connectivity index (χ3v) is 16.2. The second-order valence-corrected chi connectivity index (χ2v) is 30.8. The summed E-state index contributed by atoms with van der Waals surface area (Å²) in [7, 11) is 0. The molecule has 12 nitrogen and oxygen atoms in total. The van der Waals surface area contributed by atoms with E-state index in [9.17, 15) is 14.4 Å². The lowest BCUT2D eigenvalue weighted by molar-refractivity contribution is 0.00623. The Kier molecular flexibility index (Phi) is 27.3. The van der Waals surface area contributed by atoms with E-state index in [1.807, 2.05) is 72.8 Å². The molecule has 4 bridgehead atoms. The van der Waals surface area contributed by atoms with Gasteiger partial charge in [0.15, 0.2) is 5.78 Å². The van der Waals surface area contributed by atoms with Gasteiger partial charge in [0.1, 0.15) is 0 Å². The van der Waals surface area contributed by atoms with E-state index in [-0.39, 0.29) is 50.1 Å². The summed E-state index contributed by atoms with van der Waals surface area (Å²) in [5.41, 5.74) is 22.1. The van der Waals surface area contributed by atoms with Crippen LogP contribution < -0.4 is 16.4 Å². The molecule has 7 aromatic rings. The van der Waals surface area contributed by atoms with Gasteiger partial charge >= 0.3 is 0 Å². The summed E-state index contributed by atoms with van der Waals surface area (Å²) in [5.74, 6) is -0.132. The van der Waals surface area contributed by atoms with Gasteiger partial charge in [-0.2, -0.15) is 0 Å². The zero-order valence-electron chi connectivity index (χ0n) is 59.9. The molecule has 0 fully saturated rings. The number of ketones is 1. The van der Waals surface area contributed by atoms with Crippen molar-refractivity contribution in [3.05, 3.63) is 230 Å². The van der Waals surface area contributed by atoms with Gasteiger partial charge in [-0.15, -0.1) is 0 Å². The number of hydrogen-bond acceptors (Lipinski definition) is 10. The maximum absolute atomic E-state index is 13.4. The van der Waals surface area contributed by atoms with Crippen LogP contribution in [0.15, 0.2) is 152 Å². The molecule has 0 aromatic heterocycles. The second kappa shape index (κ2) is 33.9. The average molecular weight is 1280 g/mol. The molecule has 0 saturated carbocycles. The standard InChI is InChI=1S/C37H49NO2.C24H32O6.C21H28N2O/c1-34(2,3)27-18-25(19-28(22-27)35(4,5)6)32(39)17-24-13-15-31(16-14-24)38-33(40)26-20-29(36(7,8)9)23-30(21-26)37(10,11)12;1-2-22-4-3-21(1)17-27-13-9-25-11-15-29-19-23-5-7-24(8-6-23)20-30-16-12-26-10-14-28-18-22;1-20(2,3)15-11-14(12-16(13-15)21(4,5)6)19(24)23-18-9-7-17(22)8-10-18/h13-16,18-23H,17H2,1-12H3,(H,38,40);1-8H,9-20H2;7-13H,22H2,1-6H3,(H,23,24). The largest absolute Gasteiger partial charge is 0.399 e. The van der Waals surface area contributed by atoms with Crippen LogP contribution in [0.4, 0.5) is 17.1 Å². The molecular formula is C82H109N3O9. The molecule has 0 radical (unpaired) electrons. The van der Waals surface area contributed by atoms with Gasteiger partial charge in [-0.05, 0) is 166 Å². The maximum Gasteiger partial charge on any atom is 0.255 e. The van der Waals surface area contributed by atoms with E-state index in [0.29, 0.717) is 108 Å². The van der Waals surface area contributed by atoms with Crippen LogP contribution in [0.2, 0.25) is 0 Å². The molecule has 4 aliphatic heterocycles. The minimum Gasteiger partial charge on any atom is -0.399 e. The van der Waals surface area contributed by atoms with Crippen molar-refractivity contribution in [3.8, 4) is 0 Å². The number of rotatable bonds is 7. The van der Waals surface area contributed by atoms with Crippen LogP contribution in [0.5, 0.6) is 0 Å². The zero-order valence-corrected chi connectivity index (χ0v) is 59.9. The molecule has 94 heavy (non-hydrogen) atoms. The highest BCUT2D eigenvalue weighted by molar-refractivity contribution is 6.05. The smallest absolute Gasteiger partial charge is 0.255 e. The fourth-order valence-corrected chi connectivity index (χ4v) is 9.77. The molecule has 0 unspecified atom stereocenters. The highest BCUT2D eigenvalue weighted by Gasteiger charge is 2.26. The Bertz CT molecular complexity index is 3210.